The lowest BCUT2D eigenvalue weighted by Crippen LogP contribution is -2.48. The number of hydrogen-bond donors (Lipinski definition) is 2. The Hall–Kier alpha value is -2.93. The Kier molecular flexibility index (Phi) is 5.96. The van der Waals surface area contributed by atoms with Gasteiger partial charge in [-0.25, -0.2) is 9.29 Å². The first-order valence-electron chi connectivity index (χ1n) is 9.94. The summed E-state index contributed by atoms with van der Waals surface area (Å²) in [5.74, 6) is -1.30. The molecule has 1 aliphatic heterocycles. The quantitative estimate of drug-likeness (QED) is 0.566. The molecule has 1 heterocycles. The summed E-state index contributed by atoms with van der Waals surface area (Å²) in [5, 5.41) is 11.9. The Morgan fingerprint density at radius 2 is 1.55 bits per heavy atom. The molecule has 0 aliphatic carbocycles. The van der Waals surface area contributed by atoms with Crippen molar-refractivity contribution >= 4 is 24.6 Å². The summed E-state index contributed by atoms with van der Waals surface area (Å²) in [7, 11) is 0. The highest BCUT2D eigenvalue weighted by Gasteiger charge is 2.58. The average molecular weight is 435 g/mol. The molecule has 1 fully saturated rings. The lowest BCUT2D eigenvalue weighted by Gasteiger charge is -2.33. The summed E-state index contributed by atoms with van der Waals surface area (Å²) in [5.41, 5.74) is -1.000. The standard InChI is InChI=1S/C25H23FN2O2S/c1-2-20-14-9-15-21(26)22(20)25(30)23(29)27(16-18-10-5-3-6-11-18)24(31)28(25)17-19-12-7-4-8-13-19/h2-15,24,30-31H,1,16-17H2. The molecule has 3 aromatic rings. The van der Waals surface area contributed by atoms with Gasteiger partial charge in [0.1, 0.15) is 11.3 Å². The molecule has 1 N–H and O–H groups in total. The molecule has 0 saturated carbocycles. The van der Waals surface area contributed by atoms with Gasteiger partial charge in [-0.15, -0.1) is 12.6 Å². The molecule has 1 amide bonds. The molecule has 158 valence electrons. The first-order valence-corrected chi connectivity index (χ1v) is 10.5. The molecule has 2 unspecified atom stereocenters. The van der Waals surface area contributed by atoms with E-state index in [4.69, 9.17) is 0 Å². The fourth-order valence-electron chi connectivity index (χ4n) is 4.00. The zero-order valence-electron chi connectivity index (χ0n) is 16.9. The second-order valence-electron chi connectivity index (χ2n) is 7.46. The molecule has 2 atom stereocenters. The van der Waals surface area contributed by atoms with Crippen molar-refractivity contribution in [1.82, 2.24) is 9.80 Å². The van der Waals surface area contributed by atoms with Gasteiger partial charge in [-0.2, -0.15) is 0 Å². The van der Waals surface area contributed by atoms with E-state index in [-0.39, 0.29) is 18.7 Å². The highest BCUT2D eigenvalue weighted by atomic mass is 32.1. The predicted molar refractivity (Wildman–Crippen MR) is 122 cm³/mol. The van der Waals surface area contributed by atoms with Crippen LogP contribution >= 0.6 is 12.6 Å². The molecule has 4 rings (SSSR count). The second kappa shape index (κ2) is 8.67. The van der Waals surface area contributed by atoms with E-state index in [0.29, 0.717) is 5.56 Å². The molecule has 1 saturated heterocycles. The summed E-state index contributed by atoms with van der Waals surface area (Å²) >= 11 is 4.69. The number of nitrogens with zero attached hydrogens (tertiary/aromatic N) is 2. The SMILES string of the molecule is C=Cc1cccc(F)c1C1(O)C(=O)N(Cc2ccccc2)C(S)N1Cc1ccccc1. The maximum atomic E-state index is 15.1. The molecule has 6 heteroatoms. The van der Waals surface area contributed by atoms with Crippen molar-refractivity contribution < 1.29 is 14.3 Å². The van der Waals surface area contributed by atoms with Gasteiger partial charge in [0.15, 0.2) is 0 Å². The molecule has 1 aliphatic rings. The minimum atomic E-state index is -2.23. The Labute approximate surface area is 186 Å². The third-order valence-corrected chi connectivity index (χ3v) is 6.10. The average Bonchev–Trinajstić information content (AvgIpc) is 2.96. The van der Waals surface area contributed by atoms with Crippen LogP contribution in [0, 0.1) is 5.82 Å². The molecule has 4 nitrogen and oxygen atoms in total. The van der Waals surface area contributed by atoms with Crippen LogP contribution in [0.25, 0.3) is 6.08 Å². The normalized spacial score (nSPS) is 21.5. The maximum Gasteiger partial charge on any atom is 0.277 e. The number of carbonyl (C=O) groups excluding carboxylic acids is 1. The van der Waals surface area contributed by atoms with Crippen LogP contribution in [0.5, 0.6) is 0 Å². The summed E-state index contributed by atoms with van der Waals surface area (Å²) in [6.45, 7) is 4.17. The summed E-state index contributed by atoms with van der Waals surface area (Å²) in [6, 6.07) is 23.2. The van der Waals surface area contributed by atoms with Crippen molar-refractivity contribution in [3.05, 3.63) is 114 Å². The highest BCUT2D eigenvalue weighted by Crippen LogP contribution is 2.43. The van der Waals surface area contributed by atoms with Crippen LogP contribution in [-0.2, 0) is 23.6 Å². The monoisotopic (exact) mass is 434 g/mol. The zero-order valence-corrected chi connectivity index (χ0v) is 17.8. The molecule has 0 aromatic heterocycles. The van der Waals surface area contributed by atoms with Crippen molar-refractivity contribution in [2.24, 2.45) is 0 Å². The topological polar surface area (TPSA) is 43.8 Å². The van der Waals surface area contributed by atoms with Gasteiger partial charge >= 0.3 is 0 Å². The van der Waals surface area contributed by atoms with Crippen molar-refractivity contribution in [3.63, 3.8) is 0 Å². The molecule has 3 aromatic carbocycles. The van der Waals surface area contributed by atoms with Gasteiger partial charge < -0.3 is 10.0 Å². The third kappa shape index (κ3) is 3.78. The summed E-state index contributed by atoms with van der Waals surface area (Å²) in [4.78, 5) is 16.6. The van der Waals surface area contributed by atoms with Crippen LogP contribution in [0.3, 0.4) is 0 Å². The molecular formula is C25H23FN2O2S. The van der Waals surface area contributed by atoms with Crippen molar-refractivity contribution in [1.29, 1.82) is 0 Å². The third-order valence-electron chi connectivity index (χ3n) is 5.54. The Bertz CT molecular complexity index is 1090. The summed E-state index contributed by atoms with van der Waals surface area (Å²) in [6.07, 6.45) is 1.44. The van der Waals surface area contributed by atoms with Crippen LogP contribution in [0.1, 0.15) is 22.3 Å². The minimum Gasteiger partial charge on any atom is -0.363 e. The van der Waals surface area contributed by atoms with Gasteiger partial charge in [0.05, 0.1) is 5.56 Å². The first-order chi connectivity index (χ1) is 15.0. The van der Waals surface area contributed by atoms with E-state index in [2.05, 4.69) is 19.2 Å². The van der Waals surface area contributed by atoms with Crippen molar-refractivity contribution in [3.8, 4) is 0 Å². The van der Waals surface area contributed by atoms with E-state index in [0.717, 1.165) is 11.1 Å². The fraction of sp³-hybridized carbons (Fsp3) is 0.160. The first kappa shape index (κ1) is 21.3. The number of aliphatic hydroxyl groups is 1. The molecule has 0 bridgehead atoms. The van der Waals surface area contributed by atoms with Crippen LogP contribution in [-0.4, -0.2) is 26.3 Å². The number of hydrogen-bond acceptors (Lipinski definition) is 4. The van der Waals surface area contributed by atoms with E-state index in [1.807, 2.05) is 60.7 Å². The predicted octanol–water partition coefficient (Wildman–Crippen LogP) is 4.37. The van der Waals surface area contributed by atoms with Crippen molar-refractivity contribution in [2.75, 3.05) is 0 Å². The van der Waals surface area contributed by atoms with Gasteiger partial charge in [0.25, 0.3) is 5.91 Å². The van der Waals surface area contributed by atoms with Gasteiger partial charge in [0, 0.05) is 13.1 Å². The molecule has 0 spiro atoms. The van der Waals surface area contributed by atoms with E-state index in [9.17, 15) is 9.90 Å². The lowest BCUT2D eigenvalue weighted by atomic mass is 9.94. The van der Waals surface area contributed by atoms with Crippen LogP contribution < -0.4 is 0 Å². The summed E-state index contributed by atoms with van der Waals surface area (Å²) < 4.78 is 15.1. The van der Waals surface area contributed by atoms with E-state index >= 15 is 4.39 Å². The second-order valence-corrected chi connectivity index (χ2v) is 7.92. The number of halogens is 1. The van der Waals surface area contributed by atoms with Crippen molar-refractivity contribution in [2.45, 2.75) is 24.3 Å². The van der Waals surface area contributed by atoms with E-state index in [1.54, 1.807) is 6.07 Å². The van der Waals surface area contributed by atoms with Gasteiger partial charge in [-0.3, -0.25) is 4.79 Å². The van der Waals surface area contributed by atoms with E-state index < -0.39 is 22.9 Å². The lowest BCUT2D eigenvalue weighted by molar-refractivity contribution is -0.157. The highest BCUT2D eigenvalue weighted by molar-refractivity contribution is 7.80. The van der Waals surface area contributed by atoms with Gasteiger partial charge in [-0.05, 0) is 22.8 Å². The molecular weight excluding hydrogens is 411 g/mol. The number of carbonyl (C=O) groups is 1. The molecule has 0 radical (unpaired) electrons. The zero-order chi connectivity index (χ0) is 22.0. The number of benzene rings is 3. The van der Waals surface area contributed by atoms with Crippen LogP contribution in [0.15, 0.2) is 85.4 Å². The number of amides is 1. The minimum absolute atomic E-state index is 0.111. The van der Waals surface area contributed by atoms with E-state index in [1.165, 1.54) is 28.0 Å². The number of thiol groups is 1. The van der Waals surface area contributed by atoms with Crippen LogP contribution in [0.4, 0.5) is 4.39 Å². The van der Waals surface area contributed by atoms with Crippen LogP contribution in [0.2, 0.25) is 0 Å². The Morgan fingerprint density at radius 1 is 0.968 bits per heavy atom. The van der Waals surface area contributed by atoms with Gasteiger partial charge in [0.2, 0.25) is 5.72 Å². The smallest absolute Gasteiger partial charge is 0.277 e. The molecule has 31 heavy (non-hydrogen) atoms. The Morgan fingerprint density at radius 3 is 2.13 bits per heavy atom. The largest absolute Gasteiger partial charge is 0.363 e. The maximum absolute atomic E-state index is 15.1. The fourth-order valence-corrected chi connectivity index (χ4v) is 4.44. The number of rotatable bonds is 6. The van der Waals surface area contributed by atoms with Gasteiger partial charge in [-0.1, -0.05) is 85.5 Å². The Balaban J connectivity index is 1.83.